The molecule has 1 N–H and O–H groups in total. The Balaban J connectivity index is 1.71. The molecule has 0 amide bonds. The molecule has 0 unspecified atom stereocenters. The Morgan fingerprint density at radius 1 is 1.15 bits per heavy atom. The van der Waals surface area contributed by atoms with Gasteiger partial charge in [0.1, 0.15) is 24.7 Å². The zero-order valence-electron chi connectivity index (χ0n) is 18.3. The molecular weight excluding hydrogens is 463 g/mol. The molecule has 4 rings (SSSR count). The molecule has 172 valence electrons. The van der Waals surface area contributed by atoms with Crippen molar-refractivity contribution < 1.29 is 14.3 Å². The van der Waals surface area contributed by atoms with Gasteiger partial charge in [-0.1, -0.05) is 54.7 Å². The van der Waals surface area contributed by atoms with Crippen LogP contribution in [0, 0.1) is 0 Å². The van der Waals surface area contributed by atoms with Gasteiger partial charge in [-0.25, -0.2) is 9.48 Å². The van der Waals surface area contributed by atoms with Crippen molar-refractivity contribution >= 4 is 35.1 Å². The van der Waals surface area contributed by atoms with Crippen molar-refractivity contribution in [2.75, 3.05) is 11.9 Å². The second-order valence-corrected chi connectivity index (χ2v) is 8.29. The van der Waals surface area contributed by atoms with Gasteiger partial charge in [-0.3, -0.25) is 0 Å². The molecule has 0 spiro atoms. The van der Waals surface area contributed by atoms with Crippen LogP contribution >= 0.6 is 23.2 Å². The van der Waals surface area contributed by atoms with Gasteiger partial charge in [0.2, 0.25) is 5.95 Å². The lowest BCUT2D eigenvalue weighted by Crippen LogP contribution is -2.30. The summed E-state index contributed by atoms with van der Waals surface area (Å²) in [4.78, 5) is 17.3. The van der Waals surface area contributed by atoms with Gasteiger partial charge in [0, 0.05) is 21.3 Å². The molecule has 9 heteroatoms. The number of hydrogen-bond donors (Lipinski definition) is 1. The van der Waals surface area contributed by atoms with E-state index in [4.69, 9.17) is 32.7 Å². The number of hydrogen-bond acceptors (Lipinski definition) is 6. The number of anilines is 1. The van der Waals surface area contributed by atoms with Crippen LogP contribution in [0.5, 0.6) is 5.75 Å². The van der Waals surface area contributed by atoms with Crippen molar-refractivity contribution in [3.05, 3.63) is 81.2 Å². The van der Waals surface area contributed by atoms with Crippen molar-refractivity contribution in [1.29, 1.82) is 0 Å². The Morgan fingerprint density at radius 3 is 2.64 bits per heavy atom. The minimum Gasteiger partial charge on any atom is -0.489 e. The number of aromatic nitrogens is 3. The lowest BCUT2D eigenvalue weighted by atomic mass is 9.94. The predicted octanol–water partition coefficient (Wildman–Crippen LogP) is 5.80. The average Bonchev–Trinajstić information content (AvgIpc) is 3.26. The molecule has 0 fully saturated rings. The smallest absolute Gasteiger partial charge is 0.338 e. The van der Waals surface area contributed by atoms with Gasteiger partial charge < -0.3 is 14.8 Å². The maximum absolute atomic E-state index is 13.0. The highest BCUT2D eigenvalue weighted by atomic mass is 35.5. The zero-order chi connectivity index (χ0) is 23.4. The standard InChI is InChI=1S/C24H24Cl2N4O3/c1-3-7-20-21(23(31)32-4-2)22(30-24(29-20)27-14-28-30)15-8-5-9-16(12-15)33-13-17-18(25)10-6-11-19(17)26/h5-6,8-12,14,22H,3-4,7,13H2,1-2H3,(H,27,28,29)/t22-/m1/s1. The van der Waals surface area contributed by atoms with E-state index < -0.39 is 6.04 Å². The molecule has 33 heavy (non-hydrogen) atoms. The Labute approximate surface area is 202 Å². The molecule has 3 aromatic rings. The molecule has 1 atom stereocenters. The molecule has 0 radical (unpaired) electrons. The van der Waals surface area contributed by atoms with Gasteiger partial charge in [0.05, 0.1) is 12.2 Å². The molecule has 0 bridgehead atoms. The summed E-state index contributed by atoms with van der Waals surface area (Å²) in [5.74, 6) is 0.809. The quantitative estimate of drug-likeness (QED) is 0.405. The van der Waals surface area contributed by atoms with Crippen LogP contribution < -0.4 is 10.1 Å². The fourth-order valence-corrected chi connectivity index (χ4v) is 4.32. The monoisotopic (exact) mass is 486 g/mol. The van der Waals surface area contributed by atoms with Crippen LogP contribution in [0.15, 0.2) is 60.1 Å². The van der Waals surface area contributed by atoms with Crippen molar-refractivity contribution in [2.45, 2.75) is 39.3 Å². The lowest BCUT2D eigenvalue weighted by molar-refractivity contribution is -0.139. The SMILES string of the molecule is CCCC1=C(C(=O)OCC)[C@@H](c2cccc(OCc3c(Cl)cccc3Cl)c2)n2ncnc2N1. The maximum atomic E-state index is 13.0. The number of rotatable bonds is 8. The summed E-state index contributed by atoms with van der Waals surface area (Å²) in [6.45, 7) is 4.34. The van der Waals surface area contributed by atoms with Crippen LogP contribution in [0.25, 0.3) is 0 Å². The van der Waals surface area contributed by atoms with Crippen molar-refractivity contribution in [1.82, 2.24) is 14.8 Å². The molecule has 1 aliphatic heterocycles. The highest BCUT2D eigenvalue weighted by Gasteiger charge is 2.35. The average molecular weight is 487 g/mol. The van der Waals surface area contributed by atoms with Crippen LogP contribution in [-0.4, -0.2) is 27.3 Å². The van der Waals surface area contributed by atoms with Crippen molar-refractivity contribution in [2.24, 2.45) is 0 Å². The summed E-state index contributed by atoms with van der Waals surface area (Å²) in [7, 11) is 0. The Morgan fingerprint density at radius 2 is 1.91 bits per heavy atom. The number of esters is 1. The number of benzene rings is 2. The number of nitrogens with one attached hydrogen (secondary N) is 1. The first kappa shape index (κ1) is 23.1. The zero-order valence-corrected chi connectivity index (χ0v) is 19.9. The molecule has 0 aliphatic carbocycles. The summed E-state index contributed by atoms with van der Waals surface area (Å²) in [6, 6.07) is 12.4. The third-order valence-electron chi connectivity index (χ3n) is 5.29. The number of halogens is 2. The largest absolute Gasteiger partial charge is 0.489 e. The number of nitrogens with zero attached hydrogens (tertiary/aromatic N) is 3. The van der Waals surface area contributed by atoms with Gasteiger partial charge in [-0.15, -0.1) is 0 Å². The summed E-state index contributed by atoms with van der Waals surface area (Å²) in [5, 5.41) is 8.71. The third kappa shape index (κ3) is 4.84. The van der Waals surface area contributed by atoms with E-state index in [-0.39, 0.29) is 19.2 Å². The highest BCUT2D eigenvalue weighted by Crippen LogP contribution is 2.38. The molecule has 0 saturated heterocycles. The number of ether oxygens (including phenoxy) is 2. The second kappa shape index (κ2) is 10.3. The van der Waals surface area contributed by atoms with Gasteiger partial charge in [0.25, 0.3) is 0 Å². The summed E-state index contributed by atoms with van der Waals surface area (Å²) in [5.41, 5.74) is 2.84. The first-order chi connectivity index (χ1) is 16.0. The fraction of sp³-hybridized carbons (Fsp3) is 0.292. The first-order valence-corrected chi connectivity index (χ1v) is 11.5. The van der Waals surface area contributed by atoms with E-state index in [0.29, 0.717) is 39.3 Å². The molecule has 2 heterocycles. The molecular formula is C24H24Cl2N4O3. The molecule has 2 aromatic carbocycles. The van der Waals surface area contributed by atoms with Crippen LogP contribution in [0.1, 0.15) is 43.9 Å². The number of fused-ring (bicyclic) bond motifs is 1. The van der Waals surface area contributed by atoms with Gasteiger partial charge in [-0.05, 0) is 43.2 Å². The van der Waals surface area contributed by atoms with E-state index >= 15 is 0 Å². The van der Waals surface area contributed by atoms with Crippen molar-refractivity contribution in [3.63, 3.8) is 0 Å². The van der Waals surface area contributed by atoms with Crippen molar-refractivity contribution in [3.8, 4) is 5.75 Å². The first-order valence-electron chi connectivity index (χ1n) is 10.8. The summed E-state index contributed by atoms with van der Waals surface area (Å²) in [6.07, 6.45) is 3.00. The number of carbonyl (C=O) groups is 1. The van der Waals surface area contributed by atoms with Crippen LogP contribution in [0.4, 0.5) is 5.95 Å². The molecule has 0 saturated carbocycles. The molecule has 1 aliphatic rings. The predicted molar refractivity (Wildman–Crippen MR) is 128 cm³/mol. The third-order valence-corrected chi connectivity index (χ3v) is 6.00. The Hall–Kier alpha value is -3.03. The number of carbonyl (C=O) groups excluding carboxylic acids is 1. The van der Waals surface area contributed by atoms with Gasteiger partial charge in [-0.2, -0.15) is 10.1 Å². The maximum Gasteiger partial charge on any atom is 0.338 e. The van der Waals surface area contributed by atoms with E-state index in [1.54, 1.807) is 29.8 Å². The highest BCUT2D eigenvalue weighted by molar-refractivity contribution is 6.35. The van der Waals surface area contributed by atoms with E-state index in [1.807, 2.05) is 24.3 Å². The minimum absolute atomic E-state index is 0.213. The normalized spacial score (nSPS) is 15.1. The van der Waals surface area contributed by atoms with Crippen LogP contribution in [-0.2, 0) is 16.1 Å². The minimum atomic E-state index is -0.503. The van der Waals surface area contributed by atoms with Crippen LogP contribution in [0.3, 0.4) is 0 Å². The van der Waals surface area contributed by atoms with E-state index in [9.17, 15) is 4.79 Å². The topological polar surface area (TPSA) is 78.3 Å². The van der Waals surface area contributed by atoms with Gasteiger partial charge >= 0.3 is 5.97 Å². The number of allylic oxidation sites excluding steroid dienone is 1. The molecule has 7 nitrogen and oxygen atoms in total. The Bertz CT molecular complexity index is 1170. The lowest BCUT2D eigenvalue weighted by Gasteiger charge is -2.29. The van der Waals surface area contributed by atoms with E-state index in [1.165, 1.54) is 6.33 Å². The fourth-order valence-electron chi connectivity index (χ4n) is 3.82. The summed E-state index contributed by atoms with van der Waals surface area (Å²) < 4.78 is 13.1. The second-order valence-electron chi connectivity index (χ2n) is 7.48. The Kier molecular flexibility index (Phi) is 7.20. The van der Waals surface area contributed by atoms with E-state index in [0.717, 1.165) is 17.7 Å². The summed E-state index contributed by atoms with van der Waals surface area (Å²) >= 11 is 12.5. The molecule has 1 aromatic heterocycles. The van der Waals surface area contributed by atoms with E-state index in [2.05, 4.69) is 22.3 Å². The van der Waals surface area contributed by atoms with Gasteiger partial charge in [0.15, 0.2) is 0 Å². The van der Waals surface area contributed by atoms with Crippen LogP contribution in [0.2, 0.25) is 10.0 Å².